The van der Waals surface area contributed by atoms with E-state index in [-0.39, 0.29) is 68.5 Å². The number of allylic oxidation sites excluding steroid dienone is 3. The number of carbonyl (C=O) groups excluding carboxylic acids is 5. The number of esters is 1. The van der Waals surface area contributed by atoms with Crippen LogP contribution in [-0.2, 0) is 47.7 Å². The summed E-state index contributed by atoms with van der Waals surface area (Å²) in [4.78, 5) is 70.0. The predicted molar refractivity (Wildman–Crippen MR) is 223 cm³/mol. The average molecular weight is 866 g/mol. The van der Waals surface area contributed by atoms with Crippen molar-refractivity contribution in [3.05, 3.63) is 23.3 Å². The van der Waals surface area contributed by atoms with E-state index in [9.17, 15) is 34.2 Å². The number of fused-ring (bicyclic) bond motifs is 3. The summed E-state index contributed by atoms with van der Waals surface area (Å²) in [5.74, 6) is -9.55. The van der Waals surface area contributed by atoms with Crippen LogP contribution in [0.25, 0.3) is 0 Å². The Bertz CT molecular complexity index is 1610. The fourth-order valence-corrected chi connectivity index (χ4v) is 9.75. The molecule has 0 spiro atoms. The van der Waals surface area contributed by atoms with Crippen LogP contribution in [0.2, 0.25) is 0 Å². The van der Waals surface area contributed by atoms with Crippen LogP contribution in [0.3, 0.4) is 0 Å². The van der Waals surface area contributed by atoms with Crippen LogP contribution in [0.5, 0.6) is 0 Å². The van der Waals surface area contributed by atoms with Crippen molar-refractivity contribution in [2.24, 2.45) is 35.3 Å². The summed E-state index contributed by atoms with van der Waals surface area (Å²) in [5.41, 5.74) is 6.45. The van der Waals surface area contributed by atoms with Gasteiger partial charge in [-0.1, -0.05) is 39.8 Å². The lowest BCUT2D eigenvalue weighted by atomic mass is 9.80. The number of nitrogens with zero attached hydrogens (tertiary/aromatic N) is 1. The molecule has 2 saturated heterocycles. The minimum atomic E-state index is -2.62. The SMILES string of the molecule is CCC1/C=C(\C)C(F)C(C)CC(OC)C2OC(O)(C(=O)C(=O)N3CCCCC3C(=O)OC(C(C)=CC3CCC(NC(=O)CN)C(OC)C3)C(C)C(O)CC1=O)C(C)CC2OC. The van der Waals surface area contributed by atoms with Crippen LogP contribution in [0, 0.1) is 29.6 Å². The van der Waals surface area contributed by atoms with Gasteiger partial charge < -0.3 is 49.8 Å². The van der Waals surface area contributed by atoms with E-state index in [1.165, 1.54) is 14.2 Å². The van der Waals surface area contributed by atoms with E-state index in [0.29, 0.717) is 49.7 Å². The number of alkyl halides is 1. The molecular formula is C45H72FN3O12. The Morgan fingerprint density at radius 1 is 1.02 bits per heavy atom. The van der Waals surface area contributed by atoms with Crippen molar-refractivity contribution in [1.29, 1.82) is 0 Å². The van der Waals surface area contributed by atoms with E-state index < -0.39 is 89.9 Å². The molecule has 4 aliphatic rings. The van der Waals surface area contributed by atoms with Crippen molar-refractivity contribution in [3.63, 3.8) is 0 Å². The quantitative estimate of drug-likeness (QED) is 0.157. The first-order chi connectivity index (χ1) is 28.8. The second-order valence-electron chi connectivity index (χ2n) is 17.9. The maximum atomic E-state index is 16.3. The lowest BCUT2D eigenvalue weighted by Gasteiger charge is -2.47. The van der Waals surface area contributed by atoms with Crippen LogP contribution in [0.4, 0.5) is 4.39 Å². The summed E-state index contributed by atoms with van der Waals surface area (Å²) in [5, 5.41) is 26.7. The van der Waals surface area contributed by atoms with E-state index in [0.717, 1.165) is 4.90 Å². The van der Waals surface area contributed by atoms with Gasteiger partial charge >= 0.3 is 5.97 Å². The smallest absolute Gasteiger partial charge is 0.329 e. The van der Waals surface area contributed by atoms with Gasteiger partial charge in [0.25, 0.3) is 11.7 Å². The number of piperidine rings is 1. The molecule has 15 nitrogen and oxygen atoms in total. The molecule has 15 unspecified atom stereocenters. The van der Waals surface area contributed by atoms with Gasteiger partial charge in [0, 0.05) is 52.0 Å². The second kappa shape index (κ2) is 22.5. The van der Waals surface area contributed by atoms with Gasteiger partial charge in [-0.2, -0.15) is 0 Å². The molecule has 346 valence electrons. The zero-order chi connectivity index (χ0) is 45.3. The van der Waals surface area contributed by atoms with Crippen molar-refractivity contribution < 1.29 is 62.3 Å². The molecule has 2 bridgehead atoms. The Kier molecular flexibility index (Phi) is 18.6. The van der Waals surface area contributed by atoms with Gasteiger partial charge in [-0.05, 0) is 94.6 Å². The molecule has 15 atom stereocenters. The van der Waals surface area contributed by atoms with Gasteiger partial charge in [-0.15, -0.1) is 0 Å². The van der Waals surface area contributed by atoms with E-state index in [1.807, 2.05) is 13.0 Å². The number of hydrogen-bond donors (Lipinski definition) is 4. The average Bonchev–Trinajstić information content (AvgIpc) is 3.25. The van der Waals surface area contributed by atoms with E-state index in [1.54, 1.807) is 47.8 Å². The highest BCUT2D eigenvalue weighted by Crippen LogP contribution is 2.39. The summed E-state index contributed by atoms with van der Waals surface area (Å²) in [6.07, 6.45) is 0.00314. The number of nitrogens with two attached hydrogens (primary N) is 1. The Hall–Kier alpha value is -3.12. The molecule has 1 saturated carbocycles. The normalized spacial score (nSPS) is 40.2. The topological polar surface area (TPSA) is 213 Å². The van der Waals surface area contributed by atoms with Crippen molar-refractivity contribution in [2.45, 2.75) is 166 Å². The molecule has 16 heteroatoms. The number of ether oxygens (including phenoxy) is 5. The van der Waals surface area contributed by atoms with Gasteiger partial charge in [0.2, 0.25) is 11.7 Å². The number of Topliss-reactive ketones (excluding diaryl/α,β-unsaturated/α-hetero) is 2. The third-order valence-electron chi connectivity index (χ3n) is 13.7. The lowest BCUT2D eigenvalue weighted by Crippen LogP contribution is -2.64. The number of methoxy groups -OCH3 is 3. The number of ketones is 2. The molecule has 61 heavy (non-hydrogen) atoms. The van der Waals surface area contributed by atoms with Crippen molar-refractivity contribution >= 4 is 29.4 Å². The third kappa shape index (κ3) is 11.9. The number of aliphatic hydroxyl groups excluding tert-OH is 1. The molecule has 0 aromatic heterocycles. The standard InChI is InChI=1S/C45H72FN3O12/c1-10-30-18-24(2)39(46)25(3)19-36(58-8)41-37(59-9)20-27(5)45(56,61-41)42(53)43(54)49-16-12-11-13-32(49)44(55)60-40(28(6)33(50)22-34(30)51)26(4)17-29-14-15-31(35(21-29)57-7)48-38(52)23-47/h17-18,25,27-33,35-37,39-41,50,56H,10-16,19-23,47H2,1-9H3,(H,48,52)/b24-18+,26-17?. The van der Waals surface area contributed by atoms with Crippen LogP contribution < -0.4 is 11.1 Å². The number of nitrogens with one attached hydrogen (secondary N) is 1. The zero-order valence-electron chi connectivity index (χ0n) is 37.6. The van der Waals surface area contributed by atoms with Crippen LogP contribution >= 0.6 is 0 Å². The molecule has 3 heterocycles. The lowest BCUT2D eigenvalue weighted by molar-refractivity contribution is -0.302. The molecular weight excluding hydrogens is 794 g/mol. The Labute approximate surface area is 360 Å². The van der Waals surface area contributed by atoms with Crippen LogP contribution in [0.1, 0.15) is 106 Å². The molecule has 0 aromatic rings. The van der Waals surface area contributed by atoms with Gasteiger partial charge in [-0.25, -0.2) is 9.18 Å². The first-order valence-corrected chi connectivity index (χ1v) is 22.1. The number of halogens is 1. The fraction of sp³-hybridized carbons (Fsp3) is 0.800. The number of cyclic esters (lactones) is 1. The summed E-state index contributed by atoms with van der Waals surface area (Å²) in [7, 11) is 4.44. The highest BCUT2D eigenvalue weighted by molar-refractivity contribution is 6.39. The summed E-state index contributed by atoms with van der Waals surface area (Å²) in [6.45, 7) is 10.0. The number of amides is 2. The molecule has 5 N–H and O–H groups in total. The van der Waals surface area contributed by atoms with E-state index in [2.05, 4.69) is 5.32 Å². The highest BCUT2D eigenvalue weighted by Gasteiger charge is 2.57. The minimum absolute atomic E-state index is 0.0360. The molecule has 3 fully saturated rings. The third-order valence-corrected chi connectivity index (χ3v) is 13.7. The van der Waals surface area contributed by atoms with E-state index >= 15 is 4.39 Å². The van der Waals surface area contributed by atoms with E-state index in [4.69, 9.17) is 29.4 Å². The number of rotatable bonds is 8. The van der Waals surface area contributed by atoms with Crippen LogP contribution in [-0.4, -0.2) is 140 Å². The number of carbonyl (C=O) groups is 5. The molecule has 4 rings (SSSR count). The molecule has 2 amide bonds. The fourth-order valence-electron chi connectivity index (χ4n) is 9.75. The van der Waals surface area contributed by atoms with Gasteiger partial charge in [-0.3, -0.25) is 19.2 Å². The molecule has 3 aliphatic heterocycles. The molecule has 0 aromatic carbocycles. The zero-order valence-corrected chi connectivity index (χ0v) is 37.6. The first-order valence-electron chi connectivity index (χ1n) is 22.1. The van der Waals surface area contributed by atoms with Gasteiger partial charge in [0.1, 0.15) is 30.2 Å². The monoisotopic (exact) mass is 866 g/mol. The predicted octanol–water partition coefficient (Wildman–Crippen LogP) is 3.50. The Morgan fingerprint density at radius 3 is 2.30 bits per heavy atom. The largest absolute Gasteiger partial charge is 0.456 e. The summed E-state index contributed by atoms with van der Waals surface area (Å²) in [6, 6.07) is -1.44. The molecule has 1 aliphatic carbocycles. The Balaban J connectivity index is 1.77. The summed E-state index contributed by atoms with van der Waals surface area (Å²) < 4.78 is 46.0. The van der Waals surface area contributed by atoms with Crippen molar-refractivity contribution in [2.75, 3.05) is 34.4 Å². The second-order valence-corrected chi connectivity index (χ2v) is 17.9. The van der Waals surface area contributed by atoms with Gasteiger partial charge in [0.05, 0.1) is 37.0 Å². The van der Waals surface area contributed by atoms with Crippen LogP contribution in [0.15, 0.2) is 23.3 Å². The maximum absolute atomic E-state index is 16.3. The Morgan fingerprint density at radius 2 is 1.67 bits per heavy atom. The first kappa shape index (κ1) is 50.5. The van der Waals surface area contributed by atoms with Crippen molar-refractivity contribution in [3.8, 4) is 0 Å². The highest BCUT2D eigenvalue weighted by atomic mass is 19.1. The summed E-state index contributed by atoms with van der Waals surface area (Å²) >= 11 is 0. The maximum Gasteiger partial charge on any atom is 0.329 e. The van der Waals surface area contributed by atoms with Gasteiger partial charge in [0.15, 0.2) is 0 Å². The molecule has 0 radical (unpaired) electrons. The van der Waals surface area contributed by atoms with Crippen molar-refractivity contribution in [1.82, 2.24) is 10.2 Å². The number of hydrogen-bond acceptors (Lipinski definition) is 13. The minimum Gasteiger partial charge on any atom is -0.456 e. The number of aliphatic hydroxyl groups is 2.